The van der Waals surface area contributed by atoms with Crippen molar-refractivity contribution in [3.63, 3.8) is 0 Å². The molecule has 3 aromatic rings. The van der Waals surface area contributed by atoms with Gasteiger partial charge in [-0.15, -0.1) is 0 Å². The average molecular weight is 358 g/mol. The number of aromatic nitrogens is 3. The maximum atomic E-state index is 5.89. The Hall–Kier alpha value is -3.06. The summed E-state index contributed by atoms with van der Waals surface area (Å²) >= 11 is 5.89. The number of nitrogens with zero attached hydrogens (tertiary/aromatic N) is 3. The third-order valence-corrected chi connectivity index (χ3v) is 3.65. The van der Waals surface area contributed by atoms with Crippen LogP contribution in [0.2, 0.25) is 5.02 Å². The van der Waals surface area contributed by atoms with Gasteiger partial charge < -0.3 is 20.5 Å². The van der Waals surface area contributed by atoms with Crippen LogP contribution in [0.25, 0.3) is 11.4 Å². The van der Waals surface area contributed by atoms with Gasteiger partial charge in [-0.25, -0.2) is 0 Å². The molecule has 3 N–H and O–H groups in total. The minimum atomic E-state index is 0.0892. The topological polar surface area (TPSA) is 95.2 Å². The van der Waals surface area contributed by atoms with E-state index < -0.39 is 0 Å². The number of halogens is 1. The maximum Gasteiger partial charge on any atom is 0.232 e. The number of anilines is 3. The van der Waals surface area contributed by atoms with Gasteiger partial charge in [0.15, 0.2) is 5.82 Å². The van der Waals surface area contributed by atoms with Gasteiger partial charge in [-0.3, -0.25) is 0 Å². The Labute approximate surface area is 149 Å². The Balaban J connectivity index is 2.00. The van der Waals surface area contributed by atoms with Gasteiger partial charge in [0.2, 0.25) is 11.9 Å². The fraction of sp³-hybridized carbons (Fsp3) is 0.118. The van der Waals surface area contributed by atoms with Crippen molar-refractivity contribution < 1.29 is 9.47 Å². The molecule has 0 unspecified atom stereocenters. The minimum Gasteiger partial charge on any atom is -0.497 e. The number of benzene rings is 2. The molecule has 8 heteroatoms. The summed E-state index contributed by atoms with van der Waals surface area (Å²) in [6.45, 7) is 0. The van der Waals surface area contributed by atoms with Crippen molar-refractivity contribution in [3.8, 4) is 22.9 Å². The van der Waals surface area contributed by atoms with Gasteiger partial charge in [-0.2, -0.15) is 15.0 Å². The van der Waals surface area contributed by atoms with Crippen LogP contribution in [0.1, 0.15) is 0 Å². The zero-order valence-electron chi connectivity index (χ0n) is 13.7. The SMILES string of the molecule is COc1ccc(OC)c(-c2nc(N)nc(Nc3ccc(Cl)cc3)n2)c1. The molecule has 0 radical (unpaired) electrons. The predicted molar refractivity (Wildman–Crippen MR) is 97.5 cm³/mol. The smallest absolute Gasteiger partial charge is 0.232 e. The van der Waals surface area contributed by atoms with Crippen LogP contribution in [0.4, 0.5) is 17.6 Å². The summed E-state index contributed by atoms with van der Waals surface area (Å²) in [4.78, 5) is 12.7. The number of methoxy groups -OCH3 is 2. The quantitative estimate of drug-likeness (QED) is 0.721. The Morgan fingerprint density at radius 3 is 2.40 bits per heavy atom. The first-order chi connectivity index (χ1) is 12.1. The second-order valence-electron chi connectivity index (χ2n) is 5.04. The molecule has 3 rings (SSSR count). The van der Waals surface area contributed by atoms with Crippen LogP contribution >= 0.6 is 11.6 Å². The lowest BCUT2D eigenvalue weighted by molar-refractivity contribution is 0.404. The van der Waals surface area contributed by atoms with E-state index in [2.05, 4.69) is 20.3 Å². The van der Waals surface area contributed by atoms with Crippen LogP contribution in [0.5, 0.6) is 11.5 Å². The first kappa shape index (κ1) is 16.8. The number of nitrogen functional groups attached to an aromatic ring is 1. The predicted octanol–water partition coefficient (Wildman–Crippen LogP) is 3.54. The Morgan fingerprint density at radius 1 is 0.960 bits per heavy atom. The van der Waals surface area contributed by atoms with Gasteiger partial charge in [0, 0.05) is 10.7 Å². The Bertz CT molecular complexity index is 887. The van der Waals surface area contributed by atoms with E-state index in [-0.39, 0.29) is 5.95 Å². The second kappa shape index (κ2) is 7.23. The lowest BCUT2D eigenvalue weighted by Gasteiger charge is -2.11. The molecule has 0 bridgehead atoms. The van der Waals surface area contributed by atoms with Crippen LogP contribution in [0.15, 0.2) is 42.5 Å². The largest absolute Gasteiger partial charge is 0.497 e. The van der Waals surface area contributed by atoms with Crippen molar-refractivity contribution in [2.24, 2.45) is 0 Å². The summed E-state index contributed by atoms with van der Waals surface area (Å²) < 4.78 is 10.6. The summed E-state index contributed by atoms with van der Waals surface area (Å²) in [6.07, 6.45) is 0. The fourth-order valence-corrected chi connectivity index (χ4v) is 2.35. The molecule has 0 aliphatic carbocycles. The average Bonchev–Trinajstić information content (AvgIpc) is 2.62. The summed E-state index contributed by atoms with van der Waals surface area (Å²) in [5.74, 6) is 2.03. The number of rotatable bonds is 5. The van der Waals surface area contributed by atoms with Crippen LogP contribution < -0.4 is 20.5 Å². The highest BCUT2D eigenvalue weighted by Gasteiger charge is 2.13. The van der Waals surface area contributed by atoms with Crippen molar-refractivity contribution in [2.75, 3.05) is 25.3 Å². The Kier molecular flexibility index (Phi) is 4.85. The highest BCUT2D eigenvalue weighted by Crippen LogP contribution is 2.32. The first-order valence-electron chi connectivity index (χ1n) is 7.35. The molecule has 0 aliphatic heterocycles. The number of hydrogen-bond acceptors (Lipinski definition) is 7. The van der Waals surface area contributed by atoms with Gasteiger partial charge in [0.25, 0.3) is 0 Å². The normalized spacial score (nSPS) is 10.4. The molecule has 0 fully saturated rings. The fourth-order valence-electron chi connectivity index (χ4n) is 2.22. The monoisotopic (exact) mass is 357 g/mol. The number of hydrogen-bond donors (Lipinski definition) is 2. The molecule has 1 aromatic heterocycles. The van der Waals surface area contributed by atoms with E-state index in [9.17, 15) is 0 Å². The molecule has 0 saturated heterocycles. The van der Waals surface area contributed by atoms with E-state index >= 15 is 0 Å². The second-order valence-corrected chi connectivity index (χ2v) is 5.48. The van der Waals surface area contributed by atoms with E-state index in [1.54, 1.807) is 44.6 Å². The van der Waals surface area contributed by atoms with Crippen LogP contribution in [-0.4, -0.2) is 29.2 Å². The molecule has 1 heterocycles. The lowest BCUT2D eigenvalue weighted by Crippen LogP contribution is -2.05. The summed E-state index contributed by atoms with van der Waals surface area (Å²) in [5.41, 5.74) is 7.27. The van der Waals surface area contributed by atoms with Gasteiger partial charge >= 0.3 is 0 Å². The van der Waals surface area contributed by atoms with Crippen molar-refractivity contribution in [1.82, 2.24) is 15.0 Å². The first-order valence-corrected chi connectivity index (χ1v) is 7.73. The molecular formula is C17H16ClN5O2. The number of nitrogens with two attached hydrogens (primary N) is 1. The van der Waals surface area contributed by atoms with E-state index in [1.807, 2.05) is 12.1 Å². The zero-order chi connectivity index (χ0) is 17.8. The summed E-state index contributed by atoms with van der Waals surface area (Å²) in [6, 6.07) is 12.5. The summed E-state index contributed by atoms with van der Waals surface area (Å²) in [7, 11) is 3.16. The van der Waals surface area contributed by atoms with Crippen molar-refractivity contribution in [1.29, 1.82) is 0 Å². The van der Waals surface area contributed by atoms with Crippen LogP contribution in [0.3, 0.4) is 0 Å². The third kappa shape index (κ3) is 3.89. The van der Waals surface area contributed by atoms with Gasteiger partial charge in [0.1, 0.15) is 11.5 Å². The van der Waals surface area contributed by atoms with Crippen molar-refractivity contribution >= 4 is 29.2 Å². The highest BCUT2D eigenvalue weighted by molar-refractivity contribution is 6.30. The maximum absolute atomic E-state index is 5.89. The standard InChI is InChI=1S/C17H16ClN5O2/c1-24-12-7-8-14(25-2)13(9-12)15-21-16(19)23-17(22-15)20-11-5-3-10(18)4-6-11/h3-9H,1-2H3,(H3,19,20,21,22,23). The van der Waals surface area contributed by atoms with Gasteiger partial charge in [-0.1, -0.05) is 11.6 Å². The van der Waals surface area contributed by atoms with Crippen molar-refractivity contribution in [2.45, 2.75) is 0 Å². The molecule has 0 atom stereocenters. The van der Waals surface area contributed by atoms with E-state index in [0.717, 1.165) is 5.69 Å². The molecule has 0 spiro atoms. The minimum absolute atomic E-state index is 0.0892. The van der Waals surface area contributed by atoms with E-state index in [4.69, 9.17) is 26.8 Å². The molecule has 0 amide bonds. The molecule has 25 heavy (non-hydrogen) atoms. The molecule has 128 valence electrons. The number of ether oxygens (including phenoxy) is 2. The van der Waals surface area contributed by atoms with Crippen molar-refractivity contribution in [3.05, 3.63) is 47.5 Å². The van der Waals surface area contributed by atoms with Gasteiger partial charge in [0.05, 0.1) is 19.8 Å². The molecule has 0 aliphatic rings. The molecule has 2 aromatic carbocycles. The number of nitrogens with one attached hydrogen (secondary N) is 1. The van der Waals surface area contributed by atoms with Crippen LogP contribution in [0, 0.1) is 0 Å². The third-order valence-electron chi connectivity index (χ3n) is 3.40. The summed E-state index contributed by atoms with van der Waals surface area (Å²) in [5, 5.41) is 3.72. The molecule has 0 saturated carbocycles. The van der Waals surface area contributed by atoms with Crippen LogP contribution in [-0.2, 0) is 0 Å². The lowest BCUT2D eigenvalue weighted by atomic mass is 10.1. The molecular weight excluding hydrogens is 342 g/mol. The van der Waals surface area contributed by atoms with Gasteiger partial charge in [-0.05, 0) is 42.5 Å². The Morgan fingerprint density at radius 2 is 1.72 bits per heavy atom. The zero-order valence-corrected chi connectivity index (χ0v) is 14.4. The highest BCUT2D eigenvalue weighted by atomic mass is 35.5. The van der Waals surface area contributed by atoms with E-state index in [1.165, 1.54) is 0 Å². The van der Waals surface area contributed by atoms with E-state index in [0.29, 0.717) is 33.9 Å². The molecule has 7 nitrogen and oxygen atoms in total.